The topological polar surface area (TPSA) is 178 Å². The fourth-order valence-corrected chi connectivity index (χ4v) is 5.53. The Hall–Kier alpha value is -4.88. The van der Waals surface area contributed by atoms with Crippen LogP contribution in [-0.2, 0) is 20.6 Å². The molecule has 4 bridgehead atoms. The molecule has 0 aromatic carbocycles. The number of aliphatic hydroxyl groups excluding tert-OH is 3. The van der Waals surface area contributed by atoms with E-state index in [2.05, 4.69) is 9.97 Å². The van der Waals surface area contributed by atoms with Gasteiger partial charge in [-0.15, -0.1) is 0 Å². The number of carbonyl (C=O) groups is 2. The monoisotopic (exact) mass is 744 g/mol. The lowest BCUT2D eigenvalue weighted by molar-refractivity contribution is -0.0461. The predicted octanol–water partition coefficient (Wildman–Crippen LogP) is 6.60. The molecule has 1 saturated heterocycles. The highest BCUT2D eigenvalue weighted by Gasteiger charge is 2.40. The number of allylic oxidation sites excluding steroid dienone is 8. The number of ether oxygens (including phenoxy) is 3. The van der Waals surface area contributed by atoms with Gasteiger partial charge in [-0.2, -0.15) is 0 Å². The molecule has 0 saturated carbocycles. The maximum Gasteiger partial charge on any atom is 0.360 e. The fourth-order valence-electron chi connectivity index (χ4n) is 5.53. The number of fused-ring (bicyclic) bond motifs is 5. The van der Waals surface area contributed by atoms with Crippen molar-refractivity contribution in [3.63, 3.8) is 0 Å². The molecular formula is C42H52N2O10. The number of aromatic nitrogens is 2. The van der Waals surface area contributed by atoms with E-state index in [-0.39, 0.29) is 41.8 Å². The minimum absolute atomic E-state index is 0.00530. The molecule has 12 nitrogen and oxygen atoms in total. The summed E-state index contributed by atoms with van der Waals surface area (Å²) in [6.07, 6.45) is 26.2. The number of aliphatic hydroxyl groups is 3. The average Bonchev–Trinajstić information content (AvgIpc) is 3.45. The molecule has 12 heteroatoms. The summed E-state index contributed by atoms with van der Waals surface area (Å²) in [5, 5.41) is 32.3. The zero-order chi connectivity index (χ0) is 39.3. The van der Waals surface area contributed by atoms with E-state index < -0.39 is 53.3 Å². The van der Waals surface area contributed by atoms with Crippen LogP contribution in [0, 0.1) is 10.8 Å². The van der Waals surface area contributed by atoms with Crippen molar-refractivity contribution in [3.8, 4) is 0 Å². The van der Waals surface area contributed by atoms with Crippen molar-refractivity contribution in [3.05, 3.63) is 127 Å². The molecule has 3 N–H and O–H groups in total. The first-order chi connectivity index (χ1) is 25.8. The molecule has 0 spiro atoms. The van der Waals surface area contributed by atoms with Crippen LogP contribution in [0.2, 0.25) is 0 Å². The molecule has 0 amide bonds. The molecule has 7 unspecified atom stereocenters. The lowest BCUT2D eigenvalue weighted by Crippen LogP contribution is -2.42. The Morgan fingerprint density at radius 3 is 1.93 bits per heavy atom. The molecule has 2 aliphatic heterocycles. The maximum atomic E-state index is 13.2. The van der Waals surface area contributed by atoms with E-state index in [1.165, 1.54) is 12.5 Å². The smallest absolute Gasteiger partial charge is 0.360 e. The normalized spacial score (nSPS) is 25.0. The summed E-state index contributed by atoms with van der Waals surface area (Å²) in [4.78, 5) is 34.9. The van der Waals surface area contributed by atoms with Crippen molar-refractivity contribution in [2.45, 2.75) is 104 Å². The predicted molar refractivity (Wildman–Crippen MR) is 203 cm³/mol. The zero-order valence-electron chi connectivity index (χ0n) is 31.6. The fraction of sp³-hybridized carbons (Fsp3) is 0.429. The highest BCUT2D eigenvalue weighted by molar-refractivity contribution is 5.87. The van der Waals surface area contributed by atoms with Crippen LogP contribution >= 0.6 is 0 Å². The Kier molecular flexibility index (Phi) is 15.1. The summed E-state index contributed by atoms with van der Waals surface area (Å²) < 4.78 is 28.5. The van der Waals surface area contributed by atoms with Gasteiger partial charge in [0, 0.05) is 29.7 Å². The van der Waals surface area contributed by atoms with Crippen LogP contribution in [0.4, 0.5) is 0 Å². The molecule has 2 aliphatic rings. The maximum absolute atomic E-state index is 13.2. The standard InChI is InChI=1S/C42H52N2O10/c1-7-17-33(46)41(3,4)35-22-13-11-9-10-12-19-28(45)25-38-44-30(27-51-38)40(49)54-36(42(5,6)34(47)18-8-2)23-16-21-32-31(52-32)20-14-15-24-37-43-29(26-50-37)39(48)53-35/h7-21,24,26-28,31-36,45-47H,22-23,25H2,1-6H3/b10-9?,13-11?,17-7+,18-8+,19-12?,20-14?,21-16?,24-15?. The Morgan fingerprint density at radius 1 is 0.722 bits per heavy atom. The highest BCUT2D eigenvalue weighted by atomic mass is 16.6. The van der Waals surface area contributed by atoms with Crippen LogP contribution < -0.4 is 0 Å². The van der Waals surface area contributed by atoms with Gasteiger partial charge < -0.3 is 38.4 Å². The average molecular weight is 745 g/mol. The van der Waals surface area contributed by atoms with Gasteiger partial charge in [0.1, 0.15) is 36.9 Å². The number of carbonyl (C=O) groups excluding carboxylic acids is 2. The van der Waals surface area contributed by atoms with Gasteiger partial charge in [-0.25, -0.2) is 19.6 Å². The first kappa shape index (κ1) is 41.9. The number of epoxide rings is 1. The van der Waals surface area contributed by atoms with E-state index in [1.807, 2.05) is 52.0 Å². The van der Waals surface area contributed by atoms with Gasteiger partial charge in [0.15, 0.2) is 17.3 Å². The van der Waals surface area contributed by atoms with Gasteiger partial charge >= 0.3 is 11.9 Å². The minimum Gasteiger partial charge on any atom is -0.457 e. The van der Waals surface area contributed by atoms with E-state index in [9.17, 15) is 24.9 Å². The Balaban J connectivity index is 1.56. The lowest BCUT2D eigenvalue weighted by atomic mass is 9.79. The molecule has 1 fully saturated rings. The Morgan fingerprint density at radius 2 is 1.28 bits per heavy atom. The Bertz CT molecular complexity index is 1790. The van der Waals surface area contributed by atoms with Crippen LogP contribution in [-0.4, -0.2) is 80.0 Å². The van der Waals surface area contributed by atoms with Crippen LogP contribution in [0.25, 0.3) is 6.08 Å². The summed E-state index contributed by atoms with van der Waals surface area (Å²) in [6.45, 7) is 10.9. The number of nitrogens with zero attached hydrogens (tertiary/aromatic N) is 2. The number of hydrogen-bond donors (Lipinski definition) is 3. The van der Waals surface area contributed by atoms with E-state index in [0.717, 1.165) is 0 Å². The summed E-state index contributed by atoms with van der Waals surface area (Å²) in [7, 11) is 0. The number of hydrogen-bond acceptors (Lipinski definition) is 12. The summed E-state index contributed by atoms with van der Waals surface area (Å²) >= 11 is 0. The summed E-state index contributed by atoms with van der Waals surface area (Å²) in [5.74, 6) is -1.04. The molecule has 7 atom stereocenters. The summed E-state index contributed by atoms with van der Waals surface area (Å²) in [5.41, 5.74) is -1.77. The van der Waals surface area contributed by atoms with Gasteiger partial charge in [0.2, 0.25) is 5.89 Å². The third-order valence-electron chi connectivity index (χ3n) is 9.35. The lowest BCUT2D eigenvalue weighted by Gasteiger charge is -2.36. The molecule has 0 aliphatic carbocycles. The number of cyclic esters (lactones) is 2. The van der Waals surface area contributed by atoms with Gasteiger partial charge in [-0.05, 0) is 13.8 Å². The van der Waals surface area contributed by atoms with Gasteiger partial charge in [0.25, 0.3) is 0 Å². The van der Waals surface area contributed by atoms with Gasteiger partial charge in [-0.3, -0.25) is 0 Å². The first-order valence-electron chi connectivity index (χ1n) is 18.0. The van der Waals surface area contributed by atoms with Crippen molar-refractivity contribution in [1.29, 1.82) is 0 Å². The summed E-state index contributed by atoms with van der Waals surface area (Å²) in [6, 6.07) is 0. The van der Waals surface area contributed by atoms with Crippen molar-refractivity contribution in [1.82, 2.24) is 9.97 Å². The SMILES string of the molecule is C/C=C/C(O)C(C)(C)C1CC=CC=CC=CC(O)Cc2nc(co2)C(=O)OC(C(C)(C)C(O)/C=C/C)CC=CC2OC2C=CC=Cc2nc(co2)C(=O)O1. The minimum atomic E-state index is -0.956. The third kappa shape index (κ3) is 11.8. The van der Waals surface area contributed by atoms with Crippen LogP contribution in [0.3, 0.4) is 0 Å². The van der Waals surface area contributed by atoms with Crippen molar-refractivity contribution in [2.24, 2.45) is 10.8 Å². The molecule has 4 heterocycles. The second-order valence-corrected chi connectivity index (χ2v) is 14.2. The second kappa shape index (κ2) is 19.4. The van der Waals surface area contributed by atoms with Crippen LogP contribution in [0.5, 0.6) is 0 Å². The van der Waals surface area contributed by atoms with E-state index in [0.29, 0.717) is 12.8 Å². The molecular weight excluding hydrogens is 692 g/mol. The second-order valence-electron chi connectivity index (χ2n) is 14.2. The molecule has 4 rings (SSSR count). The molecule has 2 aromatic rings. The van der Waals surface area contributed by atoms with Crippen molar-refractivity contribution in [2.75, 3.05) is 0 Å². The van der Waals surface area contributed by atoms with E-state index >= 15 is 0 Å². The van der Waals surface area contributed by atoms with Crippen molar-refractivity contribution < 1.29 is 48.0 Å². The first-order valence-corrected chi connectivity index (χ1v) is 18.0. The van der Waals surface area contributed by atoms with E-state index in [1.54, 1.807) is 86.8 Å². The van der Waals surface area contributed by atoms with Crippen LogP contribution in [0.1, 0.15) is 87.1 Å². The molecule has 2 aromatic heterocycles. The van der Waals surface area contributed by atoms with E-state index in [4.69, 9.17) is 23.0 Å². The quantitative estimate of drug-likeness (QED) is 0.164. The molecule has 54 heavy (non-hydrogen) atoms. The zero-order valence-corrected chi connectivity index (χ0v) is 31.6. The van der Waals surface area contributed by atoms with Crippen LogP contribution in [0.15, 0.2) is 113 Å². The molecule has 290 valence electrons. The largest absolute Gasteiger partial charge is 0.457 e. The Labute approximate surface area is 316 Å². The highest BCUT2D eigenvalue weighted by Crippen LogP contribution is 2.34. The number of rotatable bonds is 6. The number of esters is 2. The third-order valence-corrected chi connectivity index (χ3v) is 9.35. The number of oxazole rings is 2. The van der Waals surface area contributed by atoms with Gasteiger partial charge in [0.05, 0.1) is 24.7 Å². The molecule has 0 radical (unpaired) electrons. The van der Waals surface area contributed by atoms with Gasteiger partial charge in [-0.1, -0.05) is 119 Å². The van der Waals surface area contributed by atoms with Crippen molar-refractivity contribution >= 4 is 18.0 Å².